The smallest absolute Gasteiger partial charge is 0.160 e. The van der Waals surface area contributed by atoms with Gasteiger partial charge in [-0.25, -0.2) is 0 Å². The Kier molecular flexibility index (Phi) is 9.26. The normalized spacial score (nSPS) is 11.3. The van der Waals surface area contributed by atoms with Crippen molar-refractivity contribution in [2.45, 2.75) is 64.2 Å². The van der Waals surface area contributed by atoms with Gasteiger partial charge in [0.1, 0.15) is 0 Å². The molecule has 0 saturated carbocycles. The number of hydrogen-bond donors (Lipinski definition) is 4. The minimum Gasteiger partial charge on any atom is -0.504 e. The average molecular weight is 385 g/mol. The van der Waals surface area contributed by atoms with Crippen molar-refractivity contribution < 1.29 is 20.4 Å². The van der Waals surface area contributed by atoms with E-state index in [0.717, 1.165) is 56.1 Å². The minimum absolute atomic E-state index is 0.00533. The molecular formula is C24H32O4. The van der Waals surface area contributed by atoms with Crippen molar-refractivity contribution in [1.29, 1.82) is 0 Å². The highest BCUT2D eigenvalue weighted by Gasteiger charge is 2.05. The number of hydrogen-bond acceptors (Lipinski definition) is 4. The lowest BCUT2D eigenvalue weighted by atomic mass is 10.0. The predicted molar refractivity (Wildman–Crippen MR) is 113 cm³/mol. The summed E-state index contributed by atoms with van der Waals surface area (Å²) in [6.45, 7) is 0. The van der Waals surface area contributed by atoms with E-state index in [1.807, 2.05) is 12.1 Å². The van der Waals surface area contributed by atoms with Crippen LogP contribution in [0.3, 0.4) is 0 Å². The van der Waals surface area contributed by atoms with E-state index < -0.39 is 0 Å². The number of phenolic OH excluding ortho intramolecular Hbond substituents is 4. The first-order valence-electron chi connectivity index (χ1n) is 10.2. The van der Waals surface area contributed by atoms with Gasteiger partial charge in [-0.05, 0) is 68.2 Å². The molecule has 0 radical (unpaired) electrons. The number of aromatic hydroxyl groups is 4. The number of para-hydroxylation sites is 2. The lowest BCUT2D eigenvalue weighted by molar-refractivity contribution is 0.398. The van der Waals surface area contributed by atoms with Crippen molar-refractivity contribution in [1.82, 2.24) is 0 Å². The molecule has 2 aromatic rings. The Labute approximate surface area is 167 Å². The monoisotopic (exact) mass is 384 g/mol. The second-order valence-corrected chi connectivity index (χ2v) is 7.24. The van der Waals surface area contributed by atoms with E-state index in [1.54, 1.807) is 12.1 Å². The summed E-state index contributed by atoms with van der Waals surface area (Å²) >= 11 is 0. The molecule has 0 aliphatic rings. The van der Waals surface area contributed by atoms with Gasteiger partial charge in [0.2, 0.25) is 0 Å². The Morgan fingerprint density at radius 2 is 1.00 bits per heavy atom. The Morgan fingerprint density at radius 1 is 0.536 bits per heavy atom. The summed E-state index contributed by atoms with van der Waals surface area (Å²) in [6, 6.07) is 10.2. The molecule has 0 amide bonds. The molecule has 0 bridgehead atoms. The van der Waals surface area contributed by atoms with Gasteiger partial charge < -0.3 is 20.4 Å². The van der Waals surface area contributed by atoms with Gasteiger partial charge in [-0.1, -0.05) is 55.7 Å². The molecule has 0 spiro atoms. The van der Waals surface area contributed by atoms with Gasteiger partial charge in [-0.15, -0.1) is 0 Å². The second kappa shape index (κ2) is 12.0. The molecule has 0 fully saturated rings. The standard InChI is InChI=1S/C24H32O4/c25-21-17-11-15-19(23(21)27)13-9-7-5-3-1-2-4-6-8-10-14-20-16-12-18-22(26)24(20)28/h3,5,11-12,15-18,25-28H,1-2,4,6-10,13-14H2. The van der Waals surface area contributed by atoms with Crippen molar-refractivity contribution in [2.24, 2.45) is 0 Å². The quantitative estimate of drug-likeness (QED) is 0.206. The van der Waals surface area contributed by atoms with Gasteiger partial charge in [0, 0.05) is 0 Å². The van der Waals surface area contributed by atoms with Crippen LogP contribution in [0.15, 0.2) is 48.6 Å². The molecule has 2 aromatic carbocycles. The molecule has 0 unspecified atom stereocenters. The van der Waals surface area contributed by atoms with Gasteiger partial charge in [0.15, 0.2) is 23.0 Å². The molecule has 2 rings (SSSR count). The molecule has 0 aliphatic heterocycles. The average Bonchev–Trinajstić information content (AvgIpc) is 2.69. The van der Waals surface area contributed by atoms with Gasteiger partial charge in [-0.2, -0.15) is 0 Å². The van der Waals surface area contributed by atoms with Gasteiger partial charge in [0.25, 0.3) is 0 Å². The van der Waals surface area contributed by atoms with E-state index in [2.05, 4.69) is 12.2 Å². The zero-order chi connectivity index (χ0) is 20.2. The molecule has 4 N–H and O–H groups in total. The predicted octanol–water partition coefficient (Wildman–Crippen LogP) is 5.97. The zero-order valence-electron chi connectivity index (χ0n) is 16.5. The van der Waals surface area contributed by atoms with Gasteiger partial charge in [-0.3, -0.25) is 0 Å². The summed E-state index contributed by atoms with van der Waals surface area (Å²) < 4.78 is 0. The van der Waals surface area contributed by atoms with Crippen LogP contribution in [0.4, 0.5) is 0 Å². The van der Waals surface area contributed by atoms with Crippen LogP contribution in [-0.4, -0.2) is 20.4 Å². The lowest BCUT2D eigenvalue weighted by Gasteiger charge is -2.06. The molecule has 0 aromatic heterocycles. The Hall–Kier alpha value is -2.62. The second-order valence-electron chi connectivity index (χ2n) is 7.24. The van der Waals surface area contributed by atoms with E-state index in [0.29, 0.717) is 0 Å². The van der Waals surface area contributed by atoms with Crippen LogP contribution in [0.25, 0.3) is 0 Å². The van der Waals surface area contributed by atoms with Gasteiger partial charge in [0.05, 0.1) is 0 Å². The summed E-state index contributed by atoms with van der Waals surface area (Å²) in [5, 5.41) is 38.5. The van der Waals surface area contributed by atoms with Crippen LogP contribution in [0.2, 0.25) is 0 Å². The third-order valence-electron chi connectivity index (χ3n) is 5.00. The molecule has 0 heterocycles. The molecule has 4 heteroatoms. The van der Waals surface area contributed by atoms with Gasteiger partial charge >= 0.3 is 0 Å². The maximum Gasteiger partial charge on any atom is 0.160 e. The fraction of sp³-hybridized carbons (Fsp3) is 0.417. The number of unbranched alkanes of at least 4 members (excludes halogenated alkanes) is 6. The van der Waals surface area contributed by atoms with E-state index in [4.69, 9.17) is 0 Å². The van der Waals surface area contributed by atoms with Crippen LogP contribution in [-0.2, 0) is 12.8 Å². The van der Waals surface area contributed by atoms with Crippen LogP contribution >= 0.6 is 0 Å². The first kappa shape index (κ1) is 21.7. The molecule has 152 valence electrons. The minimum atomic E-state index is -0.0493. The number of allylic oxidation sites excluding steroid dienone is 2. The Bertz CT molecular complexity index is 752. The lowest BCUT2D eigenvalue weighted by Crippen LogP contribution is -1.87. The van der Waals surface area contributed by atoms with Crippen LogP contribution in [0.1, 0.15) is 62.5 Å². The maximum absolute atomic E-state index is 9.77. The SMILES string of the molecule is Oc1cccc(CCCC=CCCCCCCCc2cccc(O)c2O)c1O. The van der Waals surface area contributed by atoms with Crippen LogP contribution in [0.5, 0.6) is 23.0 Å². The summed E-state index contributed by atoms with van der Waals surface area (Å²) in [5.41, 5.74) is 1.62. The topological polar surface area (TPSA) is 80.9 Å². The molecule has 0 atom stereocenters. The fourth-order valence-electron chi connectivity index (χ4n) is 3.31. The first-order valence-corrected chi connectivity index (χ1v) is 10.2. The number of rotatable bonds is 12. The van der Waals surface area contributed by atoms with Crippen molar-refractivity contribution in [2.75, 3.05) is 0 Å². The fourth-order valence-corrected chi connectivity index (χ4v) is 3.31. The molecular weight excluding hydrogens is 352 g/mol. The van der Waals surface area contributed by atoms with Crippen molar-refractivity contribution in [3.8, 4) is 23.0 Å². The molecule has 0 aliphatic carbocycles. The highest BCUT2D eigenvalue weighted by molar-refractivity contribution is 5.44. The van der Waals surface area contributed by atoms with E-state index in [1.165, 1.54) is 31.4 Å². The summed E-state index contributed by atoms with van der Waals surface area (Å²) in [7, 11) is 0. The third-order valence-corrected chi connectivity index (χ3v) is 5.00. The highest BCUT2D eigenvalue weighted by Crippen LogP contribution is 2.30. The van der Waals surface area contributed by atoms with E-state index in [-0.39, 0.29) is 23.0 Å². The highest BCUT2D eigenvalue weighted by atomic mass is 16.3. The molecule has 28 heavy (non-hydrogen) atoms. The van der Waals surface area contributed by atoms with Crippen molar-refractivity contribution in [3.05, 3.63) is 59.7 Å². The third kappa shape index (κ3) is 7.18. The molecule has 4 nitrogen and oxygen atoms in total. The van der Waals surface area contributed by atoms with Crippen molar-refractivity contribution >= 4 is 0 Å². The van der Waals surface area contributed by atoms with E-state index >= 15 is 0 Å². The summed E-state index contributed by atoms with van der Waals surface area (Å²) in [6.07, 6.45) is 14.7. The van der Waals surface area contributed by atoms with Crippen LogP contribution in [0, 0.1) is 0 Å². The zero-order valence-corrected chi connectivity index (χ0v) is 16.5. The molecule has 0 saturated heterocycles. The Balaban J connectivity index is 1.47. The summed E-state index contributed by atoms with van der Waals surface area (Å²) in [5.74, 6) is -0.0626. The first-order chi connectivity index (χ1) is 13.6. The summed E-state index contributed by atoms with van der Waals surface area (Å²) in [4.78, 5) is 0. The Morgan fingerprint density at radius 3 is 1.61 bits per heavy atom. The van der Waals surface area contributed by atoms with Crippen LogP contribution < -0.4 is 0 Å². The van der Waals surface area contributed by atoms with Crippen molar-refractivity contribution in [3.63, 3.8) is 0 Å². The number of phenols is 4. The number of benzene rings is 2. The largest absolute Gasteiger partial charge is 0.504 e. The van der Waals surface area contributed by atoms with E-state index in [9.17, 15) is 20.4 Å². The maximum atomic E-state index is 9.77. The number of aryl methyl sites for hydroxylation is 2.